The zero-order valence-corrected chi connectivity index (χ0v) is 12.3. The lowest BCUT2D eigenvalue weighted by Gasteiger charge is -2.19. The summed E-state index contributed by atoms with van der Waals surface area (Å²) >= 11 is 0. The van der Waals surface area contributed by atoms with Crippen molar-refractivity contribution >= 4 is 6.03 Å². The van der Waals surface area contributed by atoms with Crippen LogP contribution in [0, 0.1) is 5.92 Å². The Morgan fingerprint density at radius 3 is 3.20 bits per heavy atom. The van der Waals surface area contributed by atoms with E-state index in [0.29, 0.717) is 18.3 Å². The van der Waals surface area contributed by atoms with Crippen molar-refractivity contribution in [2.75, 3.05) is 33.2 Å². The van der Waals surface area contributed by atoms with Crippen LogP contribution in [0.2, 0.25) is 0 Å². The number of nitrogens with one attached hydrogen (secondary N) is 2. The highest BCUT2D eigenvalue weighted by molar-refractivity contribution is 5.73. The lowest BCUT2D eigenvalue weighted by molar-refractivity contribution is 0.203. The Bertz CT molecular complexity index is 407. The molecule has 112 valence electrons. The highest BCUT2D eigenvalue weighted by atomic mass is 16.2. The van der Waals surface area contributed by atoms with Crippen LogP contribution in [0.3, 0.4) is 0 Å². The number of nitrogens with zero attached hydrogens (tertiary/aromatic N) is 4. The number of aromatic nitrogens is 3. The van der Waals surface area contributed by atoms with E-state index in [4.69, 9.17) is 0 Å². The van der Waals surface area contributed by atoms with Crippen LogP contribution in [-0.4, -0.2) is 64.2 Å². The standard InChI is InChI=1S/C13H24N6O/c1-3-5-19-6-4-11(8-19)7-14-13(20)18(2)9-12-15-10-16-17-12/h10-11H,3-9H2,1-2H3,(H,14,20)(H,15,16,17). The van der Waals surface area contributed by atoms with E-state index in [2.05, 4.69) is 32.3 Å². The van der Waals surface area contributed by atoms with Gasteiger partial charge in [0.15, 0.2) is 0 Å². The maximum atomic E-state index is 12.0. The predicted molar refractivity (Wildman–Crippen MR) is 76.1 cm³/mol. The number of rotatable bonds is 6. The minimum absolute atomic E-state index is 0.0599. The number of urea groups is 1. The number of amides is 2. The molecule has 1 saturated heterocycles. The molecule has 1 unspecified atom stereocenters. The number of hydrogen-bond donors (Lipinski definition) is 2. The molecule has 2 N–H and O–H groups in total. The van der Waals surface area contributed by atoms with Gasteiger partial charge < -0.3 is 15.1 Å². The minimum atomic E-state index is -0.0599. The van der Waals surface area contributed by atoms with Gasteiger partial charge >= 0.3 is 6.03 Å². The van der Waals surface area contributed by atoms with E-state index in [1.54, 1.807) is 11.9 Å². The summed E-state index contributed by atoms with van der Waals surface area (Å²) in [6, 6.07) is -0.0599. The summed E-state index contributed by atoms with van der Waals surface area (Å²) in [5.41, 5.74) is 0. The van der Waals surface area contributed by atoms with Crippen LogP contribution in [0.5, 0.6) is 0 Å². The molecule has 0 aliphatic carbocycles. The van der Waals surface area contributed by atoms with Crippen molar-refractivity contribution in [3.8, 4) is 0 Å². The van der Waals surface area contributed by atoms with E-state index < -0.39 is 0 Å². The molecule has 1 aliphatic heterocycles. The molecular weight excluding hydrogens is 256 g/mol. The zero-order chi connectivity index (χ0) is 14.4. The first-order valence-corrected chi connectivity index (χ1v) is 7.24. The fourth-order valence-electron chi connectivity index (χ4n) is 2.57. The summed E-state index contributed by atoms with van der Waals surface area (Å²) < 4.78 is 0. The number of carbonyl (C=O) groups excluding carboxylic acids is 1. The molecule has 2 rings (SSSR count). The van der Waals surface area contributed by atoms with Gasteiger partial charge in [-0.05, 0) is 31.8 Å². The van der Waals surface area contributed by atoms with E-state index in [1.807, 2.05) is 0 Å². The third-order valence-electron chi connectivity index (χ3n) is 3.65. The Morgan fingerprint density at radius 1 is 1.65 bits per heavy atom. The fourth-order valence-corrected chi connectivity index (χ4v) is 2.57. The number of H-pyrrole nitrogens is 1. The molecule has 0 bridgehead atoms. The predicted octanol–water partition coefficient (Wildman–Crippen LogP) is 0.678. The maximum Gasteiger partial charge on any atom is 0.317 e. The van der Waals surface area contributed by atoms with Gasteiger partial charge in [-0.1, -0.05) is 6.92 Å². The molecule has 1 aromatic rings. The monoisotopic (exact) mass is 280 g/mol. The van der Waals surface area contributed by atoms with E-state index in [-0.39, 0.29) is 6.03 Å². The van der Waals surface area contributed by atoms with E-state index >= 15 is 0 Å². The number of carbonyl (C=O) groups is 1. The third-order valence-corrected chi connectivity index (χ3v) is 3.65. The van der Waals surface area contributed by atoms with Gasteiger partial charge in [0.1, 0.15) is 12.2 Å². The van der Waals surface area contributed by atoms with Crippen molar-refractivity contribution in [2.24, 2.45) is 5.92 Å². The Labute approximate surface area is 119 Å². The van der Waals surface area contributed by atoms with Crippen LogP contribution in [0.15, 0.2) is 6.33 Å². The normalized spacial score (nSPS) is 19.2. The highest BCUT2D eigenvalue weighted by Crippen LogP contribution is 2.15. The summed E-state index contributed by atoms with van der Waals surface area (Å²) in [5, 5.41) is 9.52. The largest absolute Gasteiger partial charge is 0.338 e. The average molecular weight is 280 g/mol. The van der Waals surface area contributed by atoms with Crippen molar-refractivity contribution in [1.82, 2.24) is 30.3 Å². The molecular formula is C13H24N6O. The molecule has 7 nitrogen and oxygen atoms in total. The molecule has 1 aliphatic rings. The zero-order valence-electron chi connectivity index (χ0n) is 12.3. The van der Waals surface area contributed by atoms with Crippen molar-refractivity contribution in [2.45, 2.75) is 26.3 Å². The summed E-state index contributed by atoms with van der Waals surface area (Å²) in [7, 11) is 1.76. The second-order valence-electron chi connectivity index (χ2n) is 5.43. The molecule has 0 aromatic carbocycles. The molecule has 1 atom stereocenters. The maximum absolute atomic E-state index is 12.0. The van der Waals surface area contributed by atoms with Gasteiger partial charge in [-0.2, -0.15) is 5.10 Å². The second kappa shape index (κ2) is 7.23. The molecule has 1 fully saturated rings. The molecule has 7 heteroatoms. The average Bonchev–Trinajstić information content (AvgIpc) is 3.08. The Balaban J connectivity index is 1.67. The van der Waals surface area contributed by atoms with Gasteiger partial charge in [-0.3, -0.25) is 5.10 Å². The highest BCUT2D eigenvalue weighted by Gasteiger charge is 2.22. The second-order valence-corrected chi connectivity index (χ2v) is 5.43. The van der Waals surface area contributed by atoms with Gasteiger partial charge in [0.05, 0.1) is 6.54 Å². The molecule has 20 heavy (non-hydrogen) atoms. The van der Waals surface area contributed by atoms with Gasteiger partial charge in [0.2, 0.25) is 0 Å². The smallest absolute Gasteiger partial charge is 0.317 e. The van der Waals surface area contributed by atoms with Crippen LogP contribution in [0.25, 0.3) is 0 Å². The topological polar surface area (TPSA) is 77.2 Å². The minimum Gasteiger partial charge on any atom is -0.338 e. The summed E-state index contributed by atoms with van der Waals surface area (Å²) in [6.07, 6.45) is 3.81. The molecule has 2 heterocycles. The van der Waals surface area contributed by atoms with Crippen LogP contribution >= 0.6 is 0 Å². The summed E-state index contributed by atoms with van der Waals surface area (Å²) in [4.78, 5) is 20.1. The fraction of sp³-hybridized carbons (Fsp3) is 0.769. The first kappa shape index (κ1) is 14.8. The van der Waals surface area contributed by atoms with Crippen LogP contribution in [-0.2, 0) is 6.54 Å². The van der Waals surface area contributed by atoms with Crippen LogP contribution in [0.4, 0.5) is 4.79 Å². The number of hydrogen-bond acceptors (Lipinski definition) is 4. The van der Waals surface area contributed by atoms with Gasteiger partial charge in [-0.15, -0.1) is 0 Å². The Hall–Kier alpha value is -1.63. The Morgan fingerprint density at radius 2 is 2.50 bits per heavy atom. The SMILES string of the molecule is CCCN1CCC(CNC(=O)N(C)Cc2ncn[nH]2)C1. The molecule has 2 amide bonds. The summed E-state index contributed by atoms with van der Waals surface area (Å²) in [6.45, 7) is 6.81. The molecule has 0 radical (unpaired) electrons. The summed E-state index contributed by atoms with van der Waals surface area (Å²) in [5.74, 6) is 1.27. The van der Waals surface area contributed by atoms with Crippen LogP contribution in [0.1, 0.15) is 25.6 Å². The molecule has 1 aromatic heterocycles. The van der Waals surface area contributed by atoms with E-state index in [9.17, 15) is 4.79 Å². The van der Waals surface area contributed by atoms with Crippen molar-refractivity contribution < 1.29 is 4.79 Å². The van der Waals surface area contributed by atoms with E-state index in [1.165, 1.54) is 19.2 Å². The first-order chi connectivity index (χ1) is 9.69. The number of likely N-dealkylation sites (tertiary alicyclic amines) is 1. The third kappa shape index (κ3) is 4.19. The molecule has 0 saturated carbocycles. The van der Waals surface area contributed by atoms with Gasteiger partial charge in [-0.25, -0.2) is 9.78 Å². The van der Waals surface area contributed by atoms with Gasteiger partial charge in [0.25, 0.3) is 0 Å². The van der Waals surface area contributed by atoms with E-state index in [0.717, 1.165) is 26.2 Å². The first-order valence-electron chi connectivity index (χ1n) is 7.24. The van der Waals surface area contributed by atoms with Crippen LogP contribution < -0.4 is 5.32 Å². The van der Waals surface area contributed by atoms with Crippen molar-refractivity contribution in [3.63, 3.8) is 0 Å². The van der Waals surface area contributed by atoms with Crippen molar-refractivity contribution in [3.05, 3.63) is 12.2 Å². The van der Waals surface area contributed by atoms with Crippen molar-refractivity contribution in [1.29, 1.82) is 0 Å². The Kier molecular flexibility index (Phi) is 5.34. The number of aromatic amines is 1. The lowest BCUT2D eigenvalue weighted by atomic mass is 10.1. The van der Waals surface area contributed by atoms with Gasteiger partial charge in [0, 0.05) is 20.1 Å². The quantitative estimate of drug-likeness (QED) is 0.803. The molecule has 0 spiro atoms. The lowest BCUT2D eigenvalue weighted by Crippen LogP contribution is -2.39.